The van der Waals surface area contributed by atoms with Crippen LogP contribution < -0.4 is 11.5 Å². The van der Waals surface area contributed by atoms with Crippen LogP contribution >= 0.6 is 0 Å². The number of allylic oxidation sites excluding steroid dienone is 1. The molecular formula is C20H17FN4O. The number of nitrogens with zero attached hydrogens (tertiary/aromatic N) is 2. The summed E-state index contributed by atoms with van der Waals surface area (Å²) < 4.78 is 14.8. The quantitative estimate of drug-likeness (QED) is 0.643. The molecule has 5 nitrogen and oxygen atoms in total. The second-order valence-electron chi connectivity index (χ2n) is 6.14. The standard InChI is InChI=1S/C20H17FN4O/c1-11-8-12(10-22)2-6-15(11)18-16-9-14(19(26)25-20(23)24)4-3-13(16)5-7-17(18)21/h2-4,6,8-9H,5,7H2,1H3,(H4,23,24,25,26). The number of aliphatic imine (C=N–C) groups is 1. The van der Waals surface area contributed by atoms with Gasteiger partial charge in [0.1, 0.15) is 5.83 Å². The summed E-state index contributed by atoms with van der Waals surface area (Å²) in [7, 11) is 0. The molecule has 1 aliphatic carbocycles. The minimum Gasteiger partial charge on any atom is -0.370 e. The highest BCUT2D eigenvalue weighted by Gasteiger charge is 2.23. The van der Waals surface area contributed by atoms with Crippen molar-refractivity contribution in [1.82, 2.24) is 0 Å². The summed E-state index contributed by atoms with van der Waals surface area (Å²) in [6, 6.07) is 12.3. The van der Waals surface area contributed by atoms with Crippen molar-refractivity contribution in [2.75, 3.05) is 0 Å². The number of hydrogen-bond acceptors (Lipinski definition) is 2. The first-order valence-electron chi connectivity index (χ1n) is 8.07. The van der Waals surface area contributed by atoms with E-state index in [2.05, 4.69) is 11.1 Å². The molecule has 0 aliphatic heterocycles. The van der Waals surface area contributed by atoms with Gasteiger partial charge in [0.2, 0.25) is 0 Å². The summed E-state index contributed by atoms with van der Waals surface area (Å²) in [6.07, 6.45) is 0.847. The van der Waals surface area contributed by atoms with Crippen LogP contribution in [0.3, 0.4) is 0 Å². The number of carbonyl (C=O) groups is 1. The molecule has 1 aliphatic rings. The lowest BCUT2D eigenvalue weighted by Gasteiger charge is -2.21. The Morgan fingerprint density at radius 1 is 1.15 bits per heavy atom. The maximum atomic E-state index is 14.8. The van der Waals surface area contributed by atoms with Crippen molar-refractivity contribution < 1.29 is 9.18 Å². The van der Waals surface area contributed by atoms with E-state index < -0.39 is 5.91 Å². The van der Waals surface area contributed by atoms with Gasteiger partial charge >= 0.3 is 0 Å². The maximum Gasteiger partial charge on any atom is 0.280 e. The van der Waals surface area contributed by atoms with E-state index in [1.165, 1.54) is 0 Å². The van der Waals surface area contributed by atoms with Crippen molar-refractivity contribution in [3.05, 3.63) is 75.6 Å². The monoisotopic (exact) mass is 348 g/mol. The summed E-state index contributed by atoms with van der Waals surface area (Å²) in [6.45, 7) is 1.83. The molecule has 1 amide bonds. The van der Waals surface area contributed by atoms with Gasteiger partial charge in [-0.2, -0.15) is 10.3 Å². The number of guanidine groups is 1. The predicted molar refractivity (Wildman–Crippen MR) is 97.9 cm³/mol. The van der Waals surface area contributed by atoms with Gasteiger partial charge in [-0.05, 0) is 59.9 Å². The van der Waals surface area contributed by atoms with E-state index in [4.69, 9.17) is 16.7 Å². The van der Waals surface area contributed by atoms with E-state index in [-0.39, 0.29) is 17.3 Å². The number of nitrogens with two attached hydrogens (primary N) is 2. The van der Waals surface area contributed by atoms with Crippen molar-refractivity contribution in [3.8, 4) is 6.07 Å². The number of benzene rings is 2. The van der Waals surface area contributed by atoms with E-state index in [1.54, 1.807) is 36.4 Å². The summed E-state index contributed by atoms with van der Waals surface area (Å²) in [5, 5.41) is 9.04. The minimum absolute atomic E-state index is 0.239. The zero-order valence-electron chi connectivity index (χ0n) is 14.2. The Kier molecular flexibility index (Phi) is 4.55. The Bertz CT molecular complexity index is 1010. The number of carbonyl (C=O) groups excluding carboxylic acids is 1. The molecule has 26 heavy (non-hydrogen) atoms. The molecule has 4 N–H and O–H groups in total. The molecule has 0 atom stereocenters. The molecule has 0 saturated heterocycles. The first kappa shape index (κ1) is 17.4. The van der Waals surface area contributed by atoms with Crippen LogP contribution in [-0.4, -0.2) is 11.9 Å². The third-order valence-electron chi connectivity index (χ3n) is 4.37. The third-order valence-corrected chi connectivity index (χ3v) is 4.37. The van der Waals surface area contributed by atoms with Crippen LogP contribution in [0.2, 0.25) is 0 Å². The Balaban J connectivity index is 2.16. The highest BCUT2D eigenvalue weighted by atomic mass is 19.1. The summed E-state index contributed by atoms with van der Waals surface area (Å²) in [4.78, 5) is 15.7. The molecule has 0 radical (unpaired) electrons. The van der Waals surface area contributed by atoms with E-state index in [9.17, 15) is 9.18 Å². The maximum absolute atomic E-state index is 14.8. The van der Waals surface area contributed by atoms with Gasteiger partial charge < -0.3 is 11.5 Å². The Labute approximate surface area is 150 Å². The highest BCUT2D eigenvalue weighted by Crippen LogP contribution is 2.38. The van der Waals surface area contributed by atoms with E-state index in [0.717, 1.165) is 11.1 Å². The lowest BCUT2D eigenvalue weighted by atomic mass is 9.83. The number of rotatable bonds is 2. The van der Waals surface area contributed by atoms with Crippen LogP contribution in [0, 0.1) is 18.3 Å². The van der Waals surface area contributed by atoms with Crippen molar-refractivity contribution in [3.63, 3.8) is 0 Å². The zero-order valence-corrected chi connectivity index (χ0v) is 14.2. The molecule has 0 heterocycles. The van der Waals surface area contributed by atoms with Gasteiger partial charge in [0.25, 0.3) is 5.91 Å². The molecule has 6 heteroatoms. The van der Waals surface area contributed by atoms with Gasteiger partial charge in [-0.1, -0.05) is 12.1 Å². The lowest BCUT2D eigenvalue weighted by Crippen LogP contribution is -2.24. The Morgan fingerprint density at radius 2 is 1.92 bits per heavy atom. The second-order valence-corrected chi connectivity index (χ2v) is 6.14. The van der Waals surface area contributed by atoms with Gasteiger partial charge in [-0.3, -0.25) is 4.79 Å². The van der Waals surface area contributed by atoms with Crippen molar-refractivity contribution in [2.45, 2.75) is 19.8 Å². The SMILES string of the molecule is Cc1cc(C#N)ccc1C1=C(F)CCc2ccc(C(=O)N=C(N)N)cc21. The molecule has 0 aromatic heterocycles. The summed E-state index contributed by atoms with van der Waals surface area (Å²) in [5.74, 6) is -1.14. The average molecular weight is 348 g/mol. The first-order chi connectivity index (χ1) is 12.4. The topological polar surface area (TPSA) is 105 Å². The second kappa shape index (κ2) is 6.81. The molecule has 0 saturated carbocycles. The van der Waals surface area contributed by atoms with Crippen molar-refractivity contribution in [2.24, 2.45) is 16.5 Å². The van der Waals surface area contributed by atoms with Crippen molar-refractivity contribution in [1.29, 1.82) is 5.26 Å². The fourth-order valence-corrected chi connectivity index (χ4v) is 3.16. The molecule has 0 unspecified atom stereocenters. The van der Waals surface area contributed by atoms with Crippen LogP contribution in [0.1, 0.15) is 44.6 Å². The predicted octanol–water partition coefficient (Wildman–Crippen LogP) is 2.96. The zero-order chi connectivity index (χ0) is 18.8. The lowest BCUT2D eigenvalue weighted by molar-refractivity contribution is 0.100. The highest BCUT2D eigenvalue weighted by molar-refractivity contribution is 6.03. The van der Waals surface area contributed by atoms with Gasteiger partial charge in [-0.15, -0.1) is 0 Å². The molecule has 3 rings (SSSR count). The molecule has 130 valence electrons. The van der Waals surface area contributed by atoms with Crippen molar-refractivity contribution >= 4 is 17.4 Å². The van der Waals surface area contributed by atoms with Gasteiger partial charge in [-0.25, -0.2) is 4.39 Å². The van der Waals surface area contributed by atoms with Gasteiger partial charge in [0.05, 0.1) is 11.6 Å². The largest absolute Gasteiger partial charge is 0.370 e. The number of hydrogen-bond donors (Lipinski definition) is 2. The Hall–Kier alpha value is -3.46. The molecule has 2 aromatic carbocycles. The smallest absolute Gasteiger partial charge is 0.280 e. The molecule has 2 aromatic rings. The molecule has 0 spiro atoms. The Morgan fingerprint density at radius 3 is 2.58 bits per heavy atom. The fraction of sp³-hybridized carbons (Fsp3) is 0.150. The van der Waals surface area contributed by atoms with Crippen LogP contribution in [0.5, 0.6) is 0 Å². The number of amides is 1. The van der Waals surface area contributed by atoms with E-state index in [1.807, 2.05) is 6.92 Å². The third kappa shape index (κ3) is 3.20. The number of halogens is 1. The van der Waals surface area contributed by atoms with Gasteiger partial charge in [0, 0.05) is 17.6 Å². The van der Waals surface area contributed by atoms with E-state index >= 15 is 0 Å². The number of nitriles is 1. The van der Waals surface area contributed by atoms with Crippen LogP contribution in [-0.2, 0) is 6.42 Å². The van der Waals surface area contributed by atoms with E-state index in [0.29, 0.717) is 35.1 Å². The molecular weight excluding hydrogens is 331 g/mol. The summed E-state index contributed by atoms with van der Waals surface area (Å²) >= 11 is 0. The number of aryl methyl sites for hydroxylation is 2. The molecule has 0 bridgehead atoms. The fourth-order valence-electron chi connectivity index (χ4n) is 3.16. The first-order valence-corrected chi connectivity index (χ1v) is 8.07. The van der Waals surface area contributed by atoms with Crippen LogP contribution in [0.25, 0.3) is 5.57 Å². The number of fused-ring (bicyclic) bond motifs is 1. The molecule has 0 fully saturated rings. The summed E-state index contributed by atoms with van der Waals surface area (Å²) in [5.41, 5.74) is 14.9. The van der Waals surface area contributed by atoms with Gasteiger partial charge in [0.15, 0.2) is 5.96 Å². The minimum atomic E-state index is -0.574. The van der Waals surface area contributed by atoms with Crippen LogP contribution in [0.15, 0.2) is 47.2 Å². The average Bonchev–Trinajstić information content (AvgIpc) is 2.61. The normalized spacial score (nSPS) is 13.0. The van der Waals surface area contributed by atoms with Crippen LogP contribution in [0.4, 0.5) is 4.39 Å².